The van der Waals surface area contributed by atoms with Crippen LogP contribution < -0.4 is 0 Å². The van der Waals surface area contributed by atoms with Gasteiger partial charge in [-0.25, -0.2) is 4.98 Å². The van der Waals surface area contributed by atoms with Crippen molar-refractivity contribution in [2.75, 3.05) is 0 Å². The zero-order chi connectivity index (χ0) is 50.5. The second kappa shape index (κ2) is 14.7. The fourth-order valence-corrected chi connectivity index (χ4v) is 14.5. The summed E-state index contributed by atoms with van der Waals surface area (Å²) in [5.74, 6) is 0. The van der Waals surface area contributed by atoms with Crippen molar-refractivity contribution in [3.63, 3.8) is 0 Å². The van der Waals surface area contributed by atoms with Gasteiger partial charge in [-0.1, -0.05) is 170 Å². The second-order valence-electron chi connectivity index (χ2n) is 21.4. The van der Waals surface area contributed by atoms with Gasteiger partial charge in [0.25, 0.3) is 0 Å². The van der Waals surface area contributed by atoms with Crippen molar-refractivity contribution in [3.8, 4) is 33.6 Å². The summed E-state index contributed by atoms with van der Waals surface area (Å²) in [7, 11) is 0. The molecular formula is C73H41N5. The molecular weight excluding hydrogens is 947 g/mol. The van der Waals surface area contributed by atoms with Crippen LogP contribution in [0.2, 0.25) is 0 Å². The Morgan fingerprint density at radius 1 is 0.256 bits per heavy atom. The minimum Gasteiger partial charge on any atom is -0.309 e. The number of rotatable bonds is 4. The van der Waals surface area contributed by atoms with Crippen LogP contribution >= 0.6 is 0 Å². The minimum absolute atomic E-state index is 0.978. The van der Waals surface area contributed by atoms with Crippen LogP contribution in [0, 0.1) is 0 Å². The third-order valence-corrected chi connectivity index (χ3v) is 17.6. The highest BCUT2D eigenvalue weighted by Crippen LogP contribution is 2.52. The van der Waals surface area contributed by atoms with E-state index in [4.69, 9.17) is 4.98 Å². The Hall–Kier alpha value is -10.5. The van der Waals surface area contributed by atoms with Gasteiger partial charge >= 0.3 is 0 Å². The first-order valence-corrected chi connectivity index (χ1v) is 27.0. The molecule has 19 rings (SSSR count). The molecule has 358 valence electrons. The molecule has 78 heavy (non-hydrogen) atoms. The van der Waals surface area contributed by atoms with Gasteiger partial charge in [0.15, 0.2) is 0 Å². The van der Waals surface area contributed by atoms with Gasteiger partial charge < -0.3 is 13.5 Å². The average Bonchev–Trinajstić information content (AvgIpc) is 4.14. The van der Waals surface area contributed by atoms with Crippen molar-refractivity contribution in [3.05, 3.63) is 249 Å². The van der Waals surface area contributed by atoms with Gasteiger partial charge in [0, 0.05) is 87.1 Å². The van der Waals surface area contributed by atoms with Crippen LogP contribution in [0.25, 0.3) is 175 Å². The maximum Gasteiger partial charge on any atom is 0.146 e. The molecule has 5 nitrogen and oxygen atoms in total. The van der Waals surface area contributed by atoms with E-state index in [-0.39, 0.29) is 0 Å². The first kappa shape index (κ1) is 40.8. The van der Waals surface area contributed by atoms with E-state index >= 15 is 0 Å². The minimum atomic E-state index is 0.978. The van der Waals surface area contributed by atoms with E-state index < -0.39 is 0 Å². The van der Waals surface area contributed by atoms with Crippen molar-refractivity contribution < 1.29 is 0 Å². The lowest BCUT2D eigenvalue weighted by atomic mass is 9.93. The normalized spacial score (nSPS) is 12.6. The smallest absolute Gasteiger partial charge is 0.146 e. The molecule has 0 N–H and O–H groups in total. The fraction of sp³-hybridized carbons (Fsp3) is 0. The third kappa shape index (κ3) is 5.04. The van der Waals surface area contributed by atoms with E-state index in [1.54, 1.807) is 0 Å². The lowest BCUT2D eigenvalue weighted by molar-refractivity contribution is 1.18. The number of para-hydroxylation sites is 6. The Kier molecular flexibility index (Phi) is 7.68. The first-order valence-electron chi connectivity index (χ1n) is 27.0. The average molecular weight is 988 g/mol. The molecule has 0 aliphatic heterocycles. The zero-order valence-corrected chi connectivity index (χ0v) is 41.9. The summed E-state index contributed by atoms with van der Waals surface area (Å²) in [6, 6.07) is 89.9. The zero-order valence-electron chi connectivity index (χ0n) is 41.9. The Morgan fingerprint density at radius 2 is 0.756 bits per heavy atom. The number of aromatic nitrogens is 5. The molecule has 0 aliphatic rings. The monoisotopic (exact) mass is 987 g/mol. The molecule has 0 saturated carbocycles. The van der Waals surface area contributed by atoms with Gasteiger partial charge in [-0.2, -0.15) is 0 Å². The molecule has 19 aromatic rings. The predicted octanol–water partition coefficient (Wildman–Crippen LogP) is 19.2. The molecule has 12 aromatic carbocycles. The van der Waals surface area contributed by atoms with E-state index in [1.165, 1.54) is 153 Å². The standard InChI is InChI=1S/C73H41N5/c1-3-19-46(20-4-1)75-60-31-13-11-25-51(60)57-38-44(33-35-62(57)75)50-27-15-28-53-54-29-16-30-55-68-65-59-40-43-18-8-10-24-49(43)67-66-48-23-9-7-17-42(48)37-56(71(66)77(72(59)67)64(65)41-74-73(68)78(69(50)53)70(54)55)45-34-36-63-58(39-45)52-26-12-14-32-61(52)76(63)47-21-5-2-6-22-47/h1-41H. The number of hydrogen-bond donors (Lipinski definition) is 0. The molecule has 7 aromatic heterocycles. The predicted molar refractivity (Wildman–Crippen MR) is 328 cm³/mol. The van der Waals surface area contributed by atoms with Crippen molar-refractivity contribution in [1.82, 2.24) is 22.9 Å². The molecule has 0 atom stereocenters. The van der Waals surface area contributed by atoms with E-state index in [9.17, 15) is 0 Å². The maximum atomic E-state index is 5.69. The van der Waals surface area contributed by atoms with Crippen molar-refractivity contribution >= 4 is 141 Å². The maximum absolute atomic E-state index is 5.69. The van der Waals surface area contributed by atoms with E-state index in [0.717, 1.165) is 22.5 Å². The van der Waals surface area contributed by atoms with Crippen molar-refractivity contribution in [2.45, 2.75) is 0 Å². The Morgan fingerprint density at radius 3 is 1.41 bits per heavy atom. The van der Waals surface area contributed by atoms with Gasteiger partial charge in [0.1, 0.15) is 5.65 Å². The van der Waals surface area contributed by atoms with Crippen LogP contribution in [0.15, 0.2) is 249 Å². The topological polar surface area (TPSA) is 31.6 Å². The van der Waals surface area contributed by atoms with Crippen LogP contribution in [0.1, 0.15) is 0 Å². The van der Waals surface area contributed by atoms with E-state index in [0.29, 0.717) is 0 Å². The molecule has 0 saturated heterocycles. The summed E-state index contributed by atoms with van der Waals surface area (Å²) in [6.45, 7) is 0. The molecule has 0 bridgehead atoms. The van der Waals surface area contributed by atoms with Crippen LogP contribution in [0.3, 0.4) is 0 Å². The highest BCUT2D eigenvalue weighted by molar-refractivity contribution is 6.41. The number of hydrogen-bond acceptors (Lipinski definition) is 1. The van der Waals surface area contributed by atoms with Crippen LogP contribution in [-0.2, 0) is 0 Å². The first-order chi connectivity index (χ1) is 38.7. The Bertz CT molecular complexity index is 5790. The van der Waals surface area contributed by atoms with Crippen molar-refractivity contribution in [2.24, 2.45) is 0 Å². The molecule has 0 fully saturated rings. The molecule has 5 heteroatoms. The molecule has 0 radical (unpaired) electrons. The van der Waals surface area contributed by atoms with Gasteiger partial charge in [-0.05, 0) is 105 Å². The SMILES string of the molecule is c1ccc(-n2c3ccccc3c3cc(-c4cc5ccccc5c5c6c7ccccc7cc7c8c9c%10cccc%11c%12cccc(-c%13ccc%14c(c%13)c%13ccccc%13n%14-c%13ccccc%13)c%12n(c9ncc8n(c45)c76)c%11%10)ccc32)cc1. The summed E-state index contributed by atoms with van der Waals surface area (Å²) in [4.78, 5) is 5.69. The van der Waals surface area contributed by atoms with Crippen LogP contribution in [0.5, 0.6) is 0 Å². The van der Waals surface area contributed by atoms with Gasteiger partial charge in [0.05, 0.1) is 55.8 Å². The number of nitrogens with zero attached hydrogens (tertiary/aromatic N) is 5. The lowest BCUT2D eigenvalue weighted by Gasteiger charge is -2.12. The molecule has 0 aliphatic carbocycles. The number of pyridine rings is 1. The van der Waals surface area contributed by atoms with Crippen molar-refractivity contribution in [1.29, 1.82) is 0 Å². The van der Waals surface area contributed by atoms with Crippen LogP contribution in [-0.4, -0.2) is 22.9 Å². The summed E-state index contributed by atoms with van der Waals surface area (Å²) < 4.78 is 9.88. The van der Waals surface area contributed by atoms with E-state index in [2.05, 4.69) is 267 Å². The molecule has 0 spiro atoms. The Labute approximate surface area is 444 Å². The second-order valence-corrected chi connectivity index (χ2v) is 21.4. The summed E-state index contributed by atoms with van der Waals surface area (Å²) in [6.07, 6.45) is 2.18. The molecule has 7 heterocycles. The molecule has 0 unspecified atom stereocenters. The van der Waals surface area contributed by atoms with Gasteiger partial charge in [0.2, 0.25) is 0 Å². The van der Waals surface area contributed by atoms with Crippen LogP contribution in [0.4, 0.5) is 0 Å². The molecule has 0 amide bonds. The summed E-state index contributed by atoms with van der Waals surface area (Å²) >= 11 is 0. The lowest BCUT2D eigenvalue weighted by Crippen LogP contribution is -1.93. The third-order valence-electron chi connectivity index (χ3n) is 17.6. The van der Waals surface area contributed by atoms with E-state index in [1.807, 2.05) is 0 Å². The number of fused-ring (bicyclic) bond motifs is 23. The largest absolute Gasteiger partial charge is 0.309 e. The summed E-state index contributed by atoms with van der Waals surface area (Å²) in [5, 5.41) is 19.9. The fourth-order valence-electron chi connectivity index (χ4n) is 14.5. The Balaban J connectivity index is 0.932. The number of benzene rings is 12. The summed E-state index contributed by atoms with van der Waals surface area (Å²) in [5.41, 5.74) is 18.8. The van der Waals surface area contributed by atoms with Gasteiger partial charge in [-0.15, -0.1) is 0 Å². The van der Waals surface area contributed by atoms with Gasteiger partial charge in [-0.3, -0.25) is 4.40 Å². The highest BCUT2D eigenvalue weighted by Gasteiger charge is 2.29. The highest BCUT2D eigenvalue weighted by atomic mass is 15.0. The quantitative estimate of drug-likeness (QED) is 0.173.